The number of aromatic nitrogens is 3. The smallest absolute Gasteiger partial charge is 0.164 e. The number of furan rings is 1. The van der Waals surface area contributed by atoms with Crippen molar-refractivity contribution in [1.29, 1.82) is 0 Å². The lowest BCUT2D eigenvalue weighted by Gasteiger charge is -2.12. The molecule has 0 amide bonds. The van der Waals surface area contributed by atoms with Crippen molar-refractivity contribution in [2.45, 2.75) is 0 Å². The number of hydrogen-bond donors (Lipinski definition) is 0. The number of fused-ring (bicyclic) bond motifs is 3. The molecule has 0 radical (unpaired) electrons. The molecule has 0 atom stereocenters. The van der Waals surface area contributed by atoms with Gasteiger partial charge < -0.3 is 4.42 Å². The zero-order valence-electron chi connectivity index (χ0n) is 26.5. The van der Waals surface area contributed by atoms with E-state index in [0.717, 1.165) is 72.0 Å². The van der Waals surface area contributed by atoms with E-state index in [1.807, 2.05) is 30.3 Å². The van der Waals surface area contributed by atoms with E-state index < -0.39 is 0 Å². The molecule has 0 N–H and O–H groups in total. The van der Waals surface area contributed by atoms with Crippen molar-refractivity contribution in [2.24, 2.45) is 0 Å². The lowest BCUT2D eigenvalue weighted by molar-refractivity contribution is 0.669. The van der Waals surface area contributed by atoms with Crippen LogP contribution < -0.4 is 0 Å². The molecule has 7 aromatic carbocycles. The fourth-order valence-corrected chi connectivity index (χ4v) is 6.50. The van der Waals surface area contributed by atoms with E-state index in [-0.39, 0.29) is 0 Å². The predicted molar refractivity (Wildman–Crippen MR) is 200 cm³/mol. The van der Waals surface area contributed by atoms with Gasteiger partial charge in [-0.1, -0.05) is 152 Å². The van der Waals surface area contributed by atoms with Crippen molar-refractivity contribution in [2.75, 3.05) is 0 Å². The van der Waals surface area contributed by atoms with Gasteiger partial charge in [0.05, 0.1) is 0 Å². The van der Waals surface area contributed by atoms with E-state index in [0.29, 0.717) is 17.5 Å². The van der Waals surface area contributed by atoms with Gasteiger partial charge in [0.1, 0.15) is 11.2 Å². The third-order valence-electron chi connectivity index (χ3n) is 8.94. The second kappa shape index (κ2) is 12.2. The molecular formula is C45H29N3O. The largest absolute Gasteiger partial charge is 0.456 e. The Morgan fingerprint density at radius 1 is 0.306 bits per heavy atom. The maximum absolute atomic E-state index is 6.46. The second-order valence-corrected chi connectivity index (χ2v) is 12.1. The lowest BCUT2D eigenvalue weighted by atomic mass is 9.96. The van der Waals surface area contributed by atoms with Crippen LogP contribution in [-0.4, -0.2) is 15.0 Å². The Morgan fingerprint density at radius 3 is 1.49 bits per heavy atom. The van der Waals surface area contributed by atoms with E-state index >= 15 is 0 Å². The molecule has 0 unspecified atom stereocenters. The summed E-state index contributed by atoms with van der Waals surface area (Å²) in [7, 11) is 0. The van der Waals surface area contributed by atoms with E-state index in [2.05, 4.69) is 146 Å². The van der Waals surface area contributed by atoms with Crippen molar-refractivity contribution >= 4 is 21.9 Å². The highest BCUT2D eigenvalue weighted by Crippen LogP contribution is 2.40. The van der Waals surface area contributed by atoms with Crippen molar-refractivity contribution < 1.29 is 4.42 Å². The fourth-order valence-electron chi connectivity index (χ4n) is 6.50. The van der Waals surface area contributed by atoms with Crippen LogP contribution in [0, 0.1) is 0 Å². The molecule has 0 fully saturated rings. The Hall–Kier alpha value is -6.65. The average molecular weight is 628 g/mol. The van der Waals surface area contributed by atoms with Gasteiger partial charge in [-0.15, -0.1) is 0 Å². The van der Waals surface area contributed by atoms with Gasteiger partial charge in [0, 0.05) is 27.5 Å². The van der Waals surface area contributed by atoms with Crippen molar-refractivity contribution in [1.82, 2.24) is 15.0 Å². The first-order valence-corrected chi connectivity index (χ1v) is 16.4. The molecule has 49 heavy (non-hydrogen) atoms. The topological polar surface area (TPSA) is 51.8 Å². The first kappa shape index (κ1) is 28.6. The van der Waals surface area contributed by atoms with Gasteiger partial charge in [-0.25, -0.2) is 15.0 Å². The van der Waals surface area contributed by atoms with Gasteiger partial charge in [-0.3, -0.25) is 0 Å². The zero-order valence-corrected chi connectivity index (χ0v) is 26.5. The standard InChI is InChI=1S/C45H29N3O/c1-4-13-30(14-5-1)32-23-25-34(26-24-32)43-46-44(36-20-12-19-35(27-36)31-15-6-2-7-16-31)48-45(47-43)37-28-39(33-17-8-3-9-18-33)42-38-21-10-11-22-40(38)49-41(42)29-37/h1-29H. The molecule has 9 aromatic rings. The molecule has 4 heteroatoms. The van der Waals surface area contributed by atoms with Gasteiger partial charge in [-0.05, 0) is 57.6 Å². The maximum atomic E-state index is 6.46. The molecule has 0 aliphatic carbocycles. The highest BCUT2D eigenvalue weighted by Gasteiger charge is 2.18. The van der Waals surface area contributed by atoms with Crippen LogP contribution in [0.25, 0.3) is 89.5 Å². The van der Waals surface area contributed by atoms with Gasteiger partial charge >= 0.3 is 0 Å². The molecule has 0 spiro atoms. The number of para-hydroxylation sites is 1. The van der Waals surface area contributed by atoms with E-state index in [4.69, 9.17) is 19.4 Å². The van der Waals surface area contributed by atoms with Gasteiger partial charge in [0.2, 0.25) is 0 Å². The summed E-state index contributed by atoms with van der Waals surface area (Å²) in [5.74, 6) is 1.79. The first-order valence-electron chi connectivity index (χ1n) is 16.4. The SMILES string of the molecule is c1ccc(-c2ccc(-c3nc(-c4cccc(-c5ccccc5)c4)nc(-c4cc(-c5ccccc5)c5c(c4)oc4ccccc45)n3)cc2)cc1. The summed E-state index contributed by atoms with van der Waals surface area (Å²) < 4.78 is 6.46. The lowest BCUT2D eigenvalue weighted by Crippen LogP contribution is -2.00. The average Bonchev–Trinajstić information content (AvgIpc) is 3.57. The highest BCUT2D eigenvalue weighted by molar-refractivity contribution is 6.13. The molecule has 9 rings (SSSR count). The minimum atomic E-state index is 0.580. The summed E-state index contributed by atoms with van der Waals surface area (Å²) in [5, 5.41) is 2.16. The van der Waals surface area contributed by atoms with Crippen LogP contribution in [-0.2, 0) is 0 Å². The Kier molecular flexibility index (Phi) is 7.10. The van der Waals surface area contributed by atoms with Crippen LogP contribution in [0.4, 0.5) is 0 Å². The van der Waals surface area contributed by atoms with Crippen LogP contribution in [0.3, 0.4) is 0 Å². The van der Waals surface area contributed by atoms with E-state index in [1.54, 1.807) is 0 Å². The van der Waals surface area contributed by atoms with Gasteiger partial charge in [0.15, 0.2) is 17.5 Å². The number of benzene rings is 7. The summed E-state index contributed by atoms with van der Waals surface area (Å²) in [6.45, 7) is 0. The zero-order chi connectivity index (χ0) is 32.6. The molecule has 0 aliphatic heterocycles. The molecule has 2 heterocycles. The molecule has 0 aliphatic rings. The normalized spacial score (nSPS) is 11.3. The predicted octanol–water partition coefficient (Wildman–Crippen LogP) is 11.8. The van der Waals surface area contributed by atoms with Gasteiger partial charge in [0.25, 0.3) is 0 Å². The van der Waals surface area contributed by atoms with Crippen LogP contribution >= 0.6 is 0 Å². The van der Waals surface area contributed by atoms with Crippen molar-refractivity contribution in [3.63, 3.8) is 0 Å². The van der Waals surface area contributed by atoms with Crippen molar-refractivity contribution in [3.8, 4) is 67.5 Å². The summed E-state index contributed by atoms with van der Waals surface area (Å²) in [4.78, 5) is 15.3. The maximum Gasteiger partial charge on any atom is 0.164 e. The molecule has 0 bridgehead atoms. The van der Waals surface area contributed by atoms with Crippen LogP contribution in [0.2, 0.25) is 0 Å². The summed E-state index contributed by atoms with van der Waals surface area (Å²) in [5.41, 5.74) is 11.0. The summed E-state index contributed by atoms with van der Waals surface area (Å²) in [6.07, 6.45) is 0. The van der Waals surface area contributed by atoms with Gasteiger partial charge in [-0.2, -0.15) is 0 Å². The molecule has 2 aromatic heterocycles. The van der Waals surface area contributed by atoms with E-state index in [1.165, 1.54) is 0 Å². The molecule has 0 saturated heterocycles. The monoisotopic (exact) mass is 627 g/mol. The minimum absolute atomic E-state index is 0.580. The molecule has 4 nitrogen and oxygen atoms in total. The van der Waals surface area contributed by atoms with Crippen LogP contribution in [0.1, 0.15) is 0 Å². The van der Waals surface area contributed by atoms with Crippen molar-refractivity contribution in [3.05, 3.63) is 176 Å². The number of rotatable bonds is 6. The fraction of sp³-hybridized carbons (Fsp3) is 0. The quantitative estimate of drug-likeness (QED) is 0.184. The Morgan fingerprint density at radius 2 is 0.796 bits per heavy atom. The Labute approximate surface area is 284 Å². The third kappa shape index (κ3) is 5.45. The second-order valence-electron chi connectivity index (χ2n) is 12.1. The molecule has 0 saturated carbocycles. The van der Waals surface area contributed by atoms with E-state index in [9.17, 15) is 0 Å². The molecule has 230 valence electrons. The Balaban J connectivity index is 1.25. The number of nitrogens with zero attached hydrogens (tertiary/aromatic N) is 3. The first-order chi connectivity index (χ1) is 24.3. The third-order valence-corrected chi connectivity index (χ3v) is 8.94. The van der Waals surface area contributed by atoms with Crippen LogP contribution in [0.5, 0.6) is 0 Å². The highest BCUT2D eigenvalue weighted by atomic mass is 16.3. The number of hydrogen-bond acceptors (Lipinski definition) is 4. The Bertz CT molecular complexity index is 2580. The summed E-state index contributed by atoms with van der Waals surface area (Å²) in [6, 6.07) is 60.4. The molecular weight excluding hydrogens is 599 g/mol. The minimum Gasteiger partial charge on any atom is -0.456 e. The summed E-state index contributed by atoms with van der Waals surface area (Å²) >= 11 is 0. The van der Waals surface area contributed by atoms with Crippen LogP contribution in [0.15, 0.2) is 180 Å².